The maximum atomic E-state index is 12.3. The van der Waals surface area contributed by atoms with Crippen LogP contribution in [0.15, 0.2) is 60.7 Å². The second-order valence-corrected chi connectivity index (χ2v) is 11.0. The first-order valence-corrected chi connectivity index (χ1v) is 15.6. The Bertz CT molecular complexity index is 1380. The van der Waals surface area contributed by atoms with E-state index in [1.807, 2.05) is 60.7 Å². The molecule has 2 aromatic carbocycles. The molecule has 4 unspecified atom stereocenters. The highest BCUT2D eigenvalue weighted by molar-refractivity contribution is 5.86. The maximum absolute atomic E-state index is 12.3. The van der Waals surface area contributed by atoms with Crippen LogP contribution in [0.25, 0.3) is 0 Å². The normalized spacial score (nSPS) is 20.4. The summed E-state index contributed by atoms with van der Waals surface area (Å²) >= 11 is 0. The number of benzene rings is 2. The minimum absolute atomic E-state index is 0.114. The number of piperidine rings is 2. The van der Waals surface area contributed by atoms with E-state index in [0.29, 0.717) is 26.0 Å². The van der Waals surface area contributed by atoms with Gasteiger partial charge < -0.3 is 24.7 Å². The van der Waals surface area contributed by atoms with Crippen LogP contribution in [0, 0.1) is 23.2 Å². The van der Waals surface area contributed by atoms with E-state index in [4.69, 9.17) is 24.7 Å². The molecule has 4 atom stereocenters. The summed E-state index contributed by atoms with van der Waals surface area (Å²) in [5.41, 5.74) is 7.13. The Morgan fingerprint density at radius 2 is 1.17 bits per heavy atom. The molecule has 2 aliphatic heterocycles. The van der Waals surface area contributed by atoms with Gasteiger partial charge in [-0.05, 0) is 50.7 Å². The van der Waals surface area contributed by atoms with Crippen molar-refractivity contribution in [3.8, 4) is 6.07 Å². The number of nitriles is 1. The van der Waals surface area contributed by atoms with Gasteiger partial charge in [0.2, 0.25) is 5.91 Å². The van der Waals surface area contributed by atoms with E-state index in [2.05, 4.69) is 6.07 Å². The number of hydrogen-bond acceptors (Lipinski definition) is 10. The fraction of sp³-hybridized carbons (Fsp3) is 0.471. The van der Waals surface area contributed by atoms with Crippen LogP contribution in [0.4, 0.5) is 9.59 Å². The zero-order chi connectivity index (χ0) is 34.2. The van der Waals surface area contributed by atoms with E-state index >= 15 is 0 Å². The third-order valence-corrected chi connectivity index (χ3v) is 7.80. The monoisotopic (exact) mass is 650 g/mol. The molecule has 2 fully saturated rings. The molecule has 2 aliphatic rings. The molecular formula is C34H42N4O9. The molecule has 0 spiro atoms. The van der Waals surface area contributed by atoms with Crippen molar-refractivity contribution in [2.24, 2.45) is 17.6 Å². The number of nitrogens with zero attached hydrogens (tertiary/aromatic N) is 3. The molecule has 13 nitrogen and oxygen atoms in total. The lowest BCUT2D eigenvalue weighted by Gasteiger charge is -2.36. The number of likely N-dealkylation sites (tertiary alicyclic amines) is 2. The molecule has 2 N–H and O–H groups in total. The number of rotatable bonds is 9. The fourth-order valence-electron chi connectivity index (χ4n) is 5.31. The summed E-state index contributed by atoms with van der Waals surface area (Å²) < 4.78 is 20.5. The van der Waals surface area contributed by atoms with Crippen LogP contribution in [0.2, 0.25) is 0 Å². The second-order valence-electron chi connectivity index (χ2n) is 11.0. The van der Waals surface area contributed by atoms with Gasteiger partial charge in [-0.1, -0.05) is 60.7 Å². The third-order valence-electron chi connectivity index (χ3n) is 7.80. The van der Waals surface area contributed by atoms with Gasteiger partial charge in [-0.25, -0.2) is 9.59 Å². The predicted octanol–water partition coefficient (Wildman–Crippen LogP) is 3.94. The molecule has 4 rings (SSSR count). The summed E-state index contributed by atoms with van der Waals surface area (Å²) in [6.45, 7) is 4.88. The van der Waals surface area contributed by atoms with Crippen molar-refractivity contribution >= 4 is 30.0 Å². The average Bonchev–Trinajstić information content (AvgIpc) is 3.10. The molecule has 0 radical (unpaired) electrons. The highest BCUT2D eigenvalue weighted by Gasteiger charge is 2.39. The van der Waals surface area contributed by atoms with Gasteiger partial charge in [-0.3, -0.25) is 24.2 Å². The molecule has 47 heavy (non-hydrogen) atoms. The van der Waals surface area contributed by atoms with Crippen LogP contribution in [-0.2, 0) is 46.5 Å². The first kappa shape index (κ1) is 36.3. The largest absolute Gasteiger partial charge is 0.466 e. The van der Waals surface area contributed by atoms with Crippen molar-refractivity contribution in [2.75, 3.05) is 26.3 Å². The van der Waals surface area contributed by atoms with Crippen molar-refractivity contribution in [1.82, 2.24) is 9.80 Å². The highest BCUT2D eigenvalue weighted by Crippen LogP contribution is 2.26. The molecule has 252 valence electrons. The summed E-state index contributed by atoms with van der Waals surface area (Å²) in [6, 6.07) is 19.1. The van der Waals surface area contributed by atoms with Crippen LogP contribution < -0.4 is 5.73 Å². The number of primary amides is 1. The zero-order valence-electron chi connectivity index (χ0n) is 26.7. The minimum atomic E-state index is -0.864. The molecule has 0 aromatic heterocycles. The van der Waals surface area contributed by atoms with Crippen molar-refractivity contribution in [1.29, 1.82) is 5.26 Å². The number of carbonyl (C=O) groups excluding carboxylic acids is 5. The van der Waals surface area contributed by atoms with Crippen molar-refractivity contribution < 1.29 is 42.9 Å². The van der Waals surface area contributed by atoms with E-state index in [0.717, 1.165) is 11.1 Å². The Kier molecular flexibility index (Phi) is 14.5. The number of hydrogen-bond donors (Lipinski definition) is 1. The highest BCUT2D eigenvalue weighted by atomic mass is 16.6. The number of esters is 2. The van der Waals surface area contributed by atoms with Gasteiger partial charge in [0.25, 0.3) is 0 Å². The summed E-state index contributed by atoms with van der Waals surface area (Å²) in [6.07, 6.45) is 0.220. The van der Waals surface area contributed by atoms with Crippen molar-refractivity contribution in [3.05, 3.63) is 71.8 Å². The Balaban J connectivity index is 0.000000256. The second kappa shape index (κ2) is 18.8. The van der Waals surface area contributed by atoms with E-state index in [9.17, 15) is 29.2 Å². The van der Waals surface area contributed by atoms with E-state index in [-0.39, 0.29) is 57.1 Å². The maximum Gasteiger partial charge on any atom is 0.411 e. The first-order chi connectivity index (χ1) is 22.7. The van der Waals surface area contributed by atoms with Crippen molar-refractivity contribution in [3.63, 3.8) is 0 Å². The Labute approximate surface area is 274 Å². The van der Waals surface area contributed by atoms with E-state index in [1.54, 1.807) is 13.8 Å². The molecule has 2 heterocycles. The first-order valence-electron chi connectivity index (χ1n) is 15.6. The average molecular weight is 651 g/mol. The standard InChI is InChI=1S/C17H22N2O5.C17H20N2O4/c1-2-23-16(21)13-8-9-19(14(10-13)15(18)20)17(22)24-11-12-6-4-3-5-7-12;1-2-22-16(20)14-8-9-19(15(10-14)11-18)17(21)23-12-13-6-4-3-5-7-13/h3-7,13-14H,2,8-11H2,1H3,(H2,18,20);3-7,14-15H,2,8-10,12H2,1H3. The summed E-state index contributed by atoms with van der Waals surface area (Å²) in [5, 5.41) is 9.27. The Morgan fingerprint density at radius 1 is 0.723 bits per heavy atom. The van der Waals surface area contributed by atoms with Gasteiger partial charge in [-0.15, -0.1) is 0 Å². The summed E-state index contributed by atoms with van der Waals surface area (Å²) in [5.74, 6) is -2.08. The van der Waals surface area contributed by atoms with Crippen LogP contribution in [-0.4, -0.2) is 78.2 Å². The van der Waals surface area contributed by atoms with Crippen molar-refractivity contribution in [2.45, 2.75) is 64.8 Å². The lowest BCUT2D eigenvalue weighted by Crippen LogP contribution is -2.53. The Hall–Kier alpha value is -5.12. The molecular weight excluding hydrogens is 608 g/mol. The van der Waals surface area contributed by atoms with Gasteiger partial charge in [0.1, 0.15) is 25.3 Å². The molecule has 0 aliphatic carbocycles. The number of amides is 3. The smallest absolute Gasteiger partial charge is 0.411 e. The van der Waals surface area contributed by atoms with E-state index in [1.165, 1.54) is 9.80 Å². The van der Waals surface area contributed by atoms with Crippen LogP contribution in [0.5, 0.6) is 0 Å². The quantitative estimate of drug-likeness (QED) is 0.309. The van der Waals surface area contributed by atoms with Gasteiger partial charge in [0, 0.05) is 13.1 Å². The lowest BCUT2D eigenvalue weighted by atomic mass is 9.90. The molecule has 2 aromatic rings. The lowest BCUT2D eigenvalue weighted by molar-refractivity contribution is -0.151. The molecule has 3 amide bonds. The molecule has 0 saturated carbocycles. The SMILES string of the molecule is CCOC(=O)C1CCN(C(=O)OCc2ccccc2)C(C#N)C1.CCOC(=O)C1CCN(C(=O)OCc2ccccc2)C(C(N)=O)C1. The molecule has 0 bridgehead atoms. The Morgan fingerprint density at radius 3 is 1.62 bits per heavy atom. The van der Waals surface area contributed by atoms with Crippen LogP contribution in [0.3, 0.4) is 0 Å². The molecule has 2 saturated heterocycles. The van der Waals surface area contributed by atoms with Gasteiger partial charge in [0.15, 0.2) is 0 Å². The van der Waals surface area contributed by atoms with Gasteiger partial charge in [-0.2, -0.15) is 5.26 Å². The minimum Gasteiger partial charge on any atom is -0.466 e. The predicted molar refractivity (Wildman–Crippen MR) is 168 cm³/mol. The van der Waals surface area contributed by atoms with Gasteiger partial charge >= 0.3 is 24.1 Å². The number of ether oxygens (including phenoxy) is 4. The topological polar surface area (TPSA) is 179 Å². The summed E-state index contributed by atoms with van der Waals surface area (Å²) in [4.78, 5) is 62.4. The summed E-state index contributed by atoms with van der Waals surface area (Å²) in [7, 11) is 0. The third kappa shape index (κ3) is 11.0. The van der Waals surface area contributed by atoms with Crippen LogP contribution in [0.1, 0.15) is 50.7 Å². The van der Waals surface area contributed by atoms with E-state index < -0.39 is 36.1 Å². The molecule has 13 heteroatoms. The number of carbonyl (C=O) groups is 5. The zero-order valence-corrected chi connectivity index (χ0v) is 26.7. The van der Waals surface area contributed by atoms with Crippen LogP contribution >= 0.6 is 0 Å². The fourth-order valence-corrected chi connectivity index (χ4v) is 5.31. The van der Waals surface area contributed by atoms with Gasteiger partial charge in [0.05, 0.1) is 31.1 Å². The number of nitrogens with two attached hydrogens (primary N) is 1.